The minimum atomic E-state index is -3.94. The second-order valence-corrected chi connectivity index (χ2v) is 11.6. The van der Waals surface area contributed by atoms with Crippen molar-refractivity contribution < 1.29 is 17.6 Å². The summed E-state index contributed by atoms with van der Waals surface area (Å²) >= 11 is 12.2. The Hall–Kier alpha value is -3.94. The van der Waals surface area contributed by atoms with Crippen LogP contribution in [0.4, 0.5) is 0 Å². The van der Waals surface area contributed by atoms with E-state index in [1.54, 1.807) is 79.1 Å². The molecule has 8 nitrogen and oxygen atoms in total. The summed E-state index contributed by atoms with van der Waals surface area (Å²) < 4.78 is 34.3. The van der Waals surface area contributed by atoms with Crippen molar-refractivity contribution in [1.82, 2.24) is 14.6 Å². The number of nitrogens with one attached hydrogen (secondary N) is 1. The number of carbonyl (C=O) groups excluding carboxylic acids is 1. The van der Waals surface area contributed by atoms with E-state index in [9.17, 15) is 18.5 Å². The zero-order valence-corrected chi connectivity index (χ0v) is 23.7. The van der Waals surface area contributed by atoms with Gasteiger partial charge in [-0.2, -0.15) is 9.57 Å². The number of carbonyl (C=O) groups is 1. The summed E-state index contributed by atoms with van der Waals surface area (Å²) in [5, 5.41) is 12.9. The molecule has 1 N–H and O–H groups in total. The zero-order valence-electron chi connectivity index (χ0n) is 21.3. The van der Waals surface area contributed by atoms with E-state index in [-0.39, 0.29) is 35.9 Å². The number of halogens is 2. The number of sulfonamides is 1. The van der Waals surface area contributed by atoms with Crippen molar-refractivity contribution in [2.45, 2.75) is 31.5 Å². The van der Waals surface area contributed by atoms with Gasteiger partial charge in [-0.05, 0) is 60.5 Å². The van der Waals surface area contributed by atoms with Crippen molar-refractivity contribution in [2.24, 2.45) is 0 Å². The van der Waals surface area contributed by atoms with Gasteiger partial charge in [0, 0.05) is 31.6 Å². The highest BCUT2D eigenvalue weighted by molar-refractivity contribution is 7.89. The molecule has 0 saturated carbocycles. The van der Waals surface area contributed by atoms with Gasteiger partial charge in [0.1, 0.15) is 23.2 Å². The summed E-state index contributed by atoms with van der Waals surface area (Å²) in [5.74, 6) is -0.0344. The van der Waals surface area contributed by atoms with E-state index >= 15 is 0 Å². The maximum Gasteiger partial charge on any atom is 0.262 e. The molecule has 11 heteroatoms. The van der Waals surface area contributed by atoms with Gasteiger partial charge < -0.3 is 9.73 Å². The van der Waals surface area contributed by atoms with Crippen LogP contribution in [0, 0.1) is 18.3 Å². The third-order valence-corrected chi connectivity index (χ3v) is 8.39. The molecule has 0 atom stereocenters. The molecular weight excluding hydrogens is 571 g/mol. The summed E-state index contributed by atoms with van der Waals surface area (Å²) in [6.07, 6.45) is 4.54. The van der Waals surface area contributed by atoms with Crippen LogP contribution < -0.4 is 5.32 Å². The molecule has 0 bridgehead atoms. The molecule has 0 saturated heterocycles. The number of nitriles is 1. The molecule has 0 aliphatic heterocycles. The Morgan fingerprint density at radius 1 is 1.05 bits per heavy atom. The second-order valence-electron chi connectivity index (χ2n) is 8.85. The maximum atomic E-state index is 13.6. The quantitative estimate of drug-likeness (QED) is 0.180. The Morgan fingerprint density at radius 3 is 2.50 bits per heavy atom. The SMILES string of the molecule is Cc1ccc(S(=O)(=O)N(Cc2ccc(Cl)c(Cl)c2)Cc2ccc(/C=C(/C#N)C(=O)NCc3cccnc3)o2)cc1. The van der Waals surface area contributed by atoms with Crippen molar-refractivity contribution in [3.63, 3.8) is 0 Å². The Kier molecular flexibility index (Phi) is 9.40. The van der Waals surface area contributed by atoms with Gasteiger partial charge in [-0.3, -0.25) is 9.78 Å². The van der Waals surface area contributed by atoms with Crippen LogP contribution in [-0.4, -0.2) is 23.6 Å². The highest BCUT2D eigenvalue weighted by atomic mass is 35.5. The molecule has 0 aliphatic rings. The third-order valence-electron chi connectivity index (χ3n) is 5.84. The number of hydrogen-bond donors (Lipinski definition) is 1. The predicted molar refractivity (Wildman–Crippen MR) is 152 cm³/mol. The Bertz CT molecular complexity index is 1680. The molecule has 2 aromatic heterocycles. The van der Waals surface area contributed by atoms with E-state index in [1.165, 1.54) is 10.4 Å². The molecule has 40 heavy (non-hydrogen) atoms. The smallest absolute Gasteiger partial charge is 0.262 e. The van der Waals surface area contributed by atoms with E-state index < -0.39 is 15.9 Å². The van der Waals surface area contributed by atoms with Crippen molar-refractivity contribution >= 4 is 45.2 Å². The summed E-state index contributed by atoms with van der Waals surface area (Å²) in [5.41, 5.74) is 2.18. The zero-order chi connectivity index (χ0) is 28.7. The lowest BCUT2D eigenvalue weighted by molar-refractivity contribution is -0.117. The van der Waals surface area contributed by atoms with E-state index in [1.807, 2.05) is 13.0 Å². The lowest BCUT2D eigenvalue weighted by atomic mass is 10.2. The fourth-order valence-corrected chi connectivity index (χ4v) is 5.44. The summed E-state index contributed by atoms with van der Waals surface area (Å²) in [6, 6.07) is 20.0. The summed E-state index contributed by atoms with van der Waals surface area (Å²) in [7, 11) is -3.94. The van der Waals surface area contributed by atoms with Crippen molar-refractivity contribution in [1.29, 1.82) is 5.26 Å². The van der Waals surface area contributed by atoms with E-state index in [0.717, 1.165) is 11.1 Å². The van der Waals surface area contributed by atoms with Gasteiger partial charge in [0.2, 0.25) is 10.0 Å². The standard InChI is InChI=1S/C29H24Cl2N4O4S/c1-20-4-9-26(10-5-20)40(37,38)35(18-21-6-11-27(30)28(31)13-21)19-25-8-7-24(39-25)14-23(15-32)29(36)34-17-22-3-2-12-33-16-22/h2-14,16H,17-19H2,1H3,(H,34,36)/b23-14-. The van der Waals surface area contributed by atoms with E-state index in [0.29, 0.717) is 21.4 Å². The van der Waals surface area contributed by atoms with Gasteiger partial charge in [-0.1, -0.05) is 53.0 Å². The largest absolute Gasteiger partial charge is 0.460 e. The normalized spacial score (nSPS) is 11.8. The summed E-state index contributed by atoms with van der Waals surface area (Å²) in [6.45, 7) is 1.96. The summed E-state index contributed by atoms with van der Waals surface area (Å²) in [4.78, 5) is 16.6. The Labute approximate surface area is 242 Å². The average molecular weight is 596 g/mol. The van der Waals surface area contributed by atoms with Crippen LogP contribution in [0.15, 0.2) is 94.0 Å². The topological polar surface area (TPSA) is 116 Å². The van der Waals surface area contributed by atoms with Crippen LogP contribution in [0.1, 0.15) is 28.2 Å². The molecule has 0 fully saturated rings. The Balaban J connectivity index is 1.56. The van der Waals surface area contributed by atoms with Gasteiger partial charge >= 0.3 is 0 Å². The van der Waals surface area contributed by atoms with Crippen LogP contribution in [0.25, 0.3) is 6.08 Å². The van der Waals surface area contributed by atoms with Gasteiger partial charge in [-0.25, -0.2) is 8.42 Å². The Morgan fingerprint density at radius 2 is 1.82 bits per heavy atom. The minimum absolute atomic E-state index is 0.000828. The number of hydrogen-bond acceptors (Lipinski definition) is 6. The van der Waals surface area contributed by atoms with Gasteiger partial charge in [-0.15, -0.1) is 0 Å². The lowest BCUT2D eigenvalue weighted by Gasteiger charge is -2.22. The average Bonchev–Trinajstić information content (AvgIpc) is 3.39. The first-order valence-corrected chi connectivity index (χ1v) is 14.2. The molecule has 2 heterocycles. The van der Waals surface area contributed by atoms with Gasteiger partial charge in [0.25, 0.3) is 5.91 Å². The molecule has 2 aromatic carbocycles. The fourth-order valence-electron chi connectivity index (χ4n) is 3.73. The van der Waals surface area contributed by atoms with E-state index in [4.69, 9.17) is 27.6 Å². The van der Waals surface area contributed by atoms with E-state index in [2.05, 4.69) is 10.3 Å². The molecule has 0 spiro atoms. The minimum Gasteiger partial charge on any atom is -0.460 e. The van der Waals surface area contributed by atoms with Crippen molar-refractivity contribution in [3.05, 3.63) is 123 Å². The fraction of sp³-hybridized carbons (Fsp3) is 0.138. The molecule has 4 aromatic rings. The van der Waals surface area contributed by atoms with Crippen molar-refractivity contribution in [2.75, 3.05) is 0 Å². The molecule has 0 unspecified atom stereocenters. The molecule has 1 amide bonds. The number of benzene rings is 2. The first kappa shape index (κ1) is 29.1. The number of rotatable bonds is 10. The van der Waals surface area contributed by atoms with Crippen LogP contribution in [-0.2, 0) is 34.5 Å². The number of aryl methyl sites for hydroxylation is 1. The van der Waals surface area contributed by atoms with Crippen LogP contribution in [0.3, 0.4) is 0 Å². The highest BCUT2D eigenvalue weighted by Gasteiger charge is 2.26. The highest BCUT2D eigenvalue weighted by Crippen LogP contribution is 2.27. The number of furan rings is 1. The van der Waals surface area contributed by atoms with Crippen LogP contribution in [0.5, 0.6) is 0 Å². The molecule has 0 radical (unpaired) electrons. The molecule has 4 rings (SSSR count). The third kappa shape index (κ3) is 7.37. The first-order chi connectivity index (χ1) is 19.2. The molecular formula is C29H24Cl2N4O4S. The number of amides is 1. The second kappa shape index (κ2) is 12.9. The molecule has 204 valence electrons. The maximum absolute atomic E-state index is 13.6. The number of nitrogens with zero attached hydrogens (tertiary/aromatic N) is 3. The van der Waals surface area contributed by atoms with Crippen LogP contribution >= 0.6 is 23.2 Å². The van der Waals surface area contributed by atoms with Crippen molar-refractivity contribution in [3.8, 4) is 6.07 Å². The van der Waals surface area contributed by atoms with Gasteiger partial charge in [0.15, 0.2) is 0 Å². The monoisotopic (exact) mass is 594 g/mol. The van der Waals surface area contributed by atoms with Gasteiger partial charge in [0.05, 0.1) is 21.5 Å². The first-order valence-electron chi connectivity index (χ1n) is 12.0. The predicted octanol–water partition coefficient (Wildman–Crippen LogP) is 5.90. The molecule has 0 aliphatic carbocycles. The van der Waals surface area contributed by atoms with Crippen LogP contribution in [0.2, 0.25) is 10.0 Å². The number of pyridine rings is 1. The lowest BCUT2D eigenvalue weighted by Crippen LogP contribution is -2.30. The number of aromatic nitrogens is 1.